The number of nitrogens with one attached hydrogen (secondary N) is 1. The number of nitrogens with zero attached hydrogens (tertiary/aromatic N) is 1. The Morgan fingerprint density at radius 2 is 2.00 bits per heavy atom. The number of esters is 2. The van der Waals surface area contributed by atoms with Gasteiger partial charge in [-0.2, -0.15) is 0 Å². The molecule has 1 heterocycles. The van der Waals surface area contributed by atoms with E-state index < -0.39 is 17.9 Å². The number of carbonyl (C=O) groups excluding carboxylic acids is 3. The summed E-state index contributed by atoms with van der Waals surface area (Å²) >= 11 is 0. The van der Waals surface area contributed by atoms with Gasteiger partial charge in [-0.05, 0) is 0 Å². The van der Waals surface area contributed by atoms with Gasteiger partial charge in [-0.1, -0.05) is 0 Å². The summed E-state index contributed by atoms with van der Waals surface area (Å²) in [5.74, 6) is -1.61. The SMILES string of the molecule is CC(=O)OC1=C(OC(C)=O)CC2C(=O)NC=NC2=C1. The van der Waals surface area contributed by atoms with E-state index in [1.165, 1.54) is 26.3 Å². The molecular formula is C12H12N2O5. The molecule has 0 fully saturated rings. The van der Waals surface area contributed by atoms with Crippen LogP contribution in [-0.4, -0.2) is 24.2 Å². The van der Waals surface area contributed by atoms with Gasteiger partial charge in [-0.3, -0.25) is 14.4 Å². The Bertz CT molecular complexity index is 544. The highest BCUT2D eigenvalue weighted by atomic mass is 16.6. The summed E-state index contributed by atoms with van der Waals surface area (Å²) in [6, 6.07) is 0. The summed E-state index contributed by atoms with van der Waals surface area (Å²) < 4.78 is 9.96. The monoisotopic (exact) mass is 264 g/mol. The maximum Gasteiger partial charge on any atom is 0.308 e. The van der Waals surface area contributed by atoms with E-state index in [1.807, 2.05) is 0 Å². The Morgan fingerprint density at radius 1 is 1.32 bits per heavy atom. The van der Waals surface area contributed by atoms with E-state index in [0.717, 1.165) is 0 Å². The molecule has 0 saturated heterocycles. The minimum Gasteiger partial charge on any atom is -0.427 e. The molecule has 7 nitrogen and oxygen atoms in total. The number of allylic oxidation sites excluding steroid dienone is 2. The van der Waals surface area contributed by atoms with Gasteiger partial charge in [0.25, 0.3) is 0 Å². The van der Waals surface area contributed by atoms with E-state index in [-0.39, 0.29) is 23.8 Å². The van der Waals surface area contributed by atoms with Crippen LogP contribution in [0.2, 0.25) is 0 Å². The number of hydrogen-bond acceptors (Lipinski definition) is 6. The van der Waals surface area contributed by atoms with Crippen molar-refractivity contribution < 1.29 is 23.9 Å². The van der Waals surface area contributed by atoms with E-state index in [9.17, 15) is 14.4 Å². The van der Waals surface area contributed by atoms with Gasteiger partial charge in [-0.15, -0.1) is 0 Å². The zero-order valence-electron chi connectivity index (χ0n) is 10.4. The predicted octanol–water partition coefficient (Wildman–Crippen LogP) is 0.386. The largest absolute Gasteiger partial charge is 0.427 e. The van der Waals surface area contributed by atoms with Crippen LogP contribution >= 0.6 is 0 Å². The number of rotatable bonds is 2. The molecule has 19 heavy (non-hydrogen) atoms. The second-order valence-electron chi connectivity index (χ2n) is 4.07. The second kappa shape index (κ2) is 5.05. The lowest BCUT2D eigenvalue weighted by Crippen LogP contribution is -2.36. The van der Waals surface area contributed by atoms with Gasteiger partial charge >= 0.3 is 11.9 Å². The van der Waals surface area contributed by atoms with E-state index >= 15 is 0 Å². The molecule has 0 saturated carbocycles. The summed E-state index contributed by atoms with van der Waals surface area (Å²) in [5.41, 5.74) is 0.468. The predicted molar refractivity (Wildman–Crippen MR) is 63.4 cm³/mol. The van der Waals surface area contributed by atoms with E-state index in [1.54, 1.807) is 0 Å². The van der Waals surface area contributed by atoms with Crippen molar-refractivity contribution in [2.45, 2.75) is 20.3 Å². The number of ether oxygens (including phenoxy) is 2. The molecule has 0 radical (unpaired) electrons. The molecular weight excluding hydrogens is 252 g/mol. The van der Waals surface area contributed by atoms with E-state index in [4.69, 9.17) is 9.47 Å². The molecule has 0 bridgehead atoms. The van der Waals surface area contributed by atoms with E-state index in [0.29, 0.717) is 5.70 Å². The lowest BCUT2D eigenvalue weighted by Gasteiger charge is -2.25. The summed E-state index contributed by atoms with van der Waals surface area (Å²) in [7, 11) is 0. The van der Waals surface area contributed by atoms with Crippen molar-refractivity contribution >= 4 is 24.2 Å². The molecule has 0 aromatic carbocycles. The quantitative estimate of drug-likeness (QED) is 0.728. The smallest absolute Gasteiger partial charge is 0.308 e. The lowest BCUT2D eigenvalue weighted by atomic mass is 9.93. The number of hydrogen-bond donors (Lipinski definition) is 1. The summed E-state index contributed by atoms with van der Waals surface area (Å²) in [6.45, 7) is 2.47. The fraction of sp³-hybridized carbons (Fsp3) is 0.333. The second-order valence-corrected chi connectivity index (χ2v) is 4.07. The third-order valence-electron chi connectivity index (χ3n) is 2.56. The Labute approximate surface area is 109 Å². The van der Waals surface area contributed by atoms with Gasteiger partial charge in [-0.25, -0.2) is 4.99 Å². The van der Waals surface area contributed by atoms with Crippen LogP contribution in [0.5, 0.6) is 0 Å². The third kappa shape index (κ3) is 2.87. The molecule has 1 amide bonds. The van der Waals surface area contributed by atoms with Crippen molar-refractivity contribution in [1.82, 2.24) is 5.32 Å². The summed E-state index contributed by atoms with van der Waals surface area (Å²) in [5, 5.41) is 2.47. The molecule has 1 N–H and O–H groups in total. The first kappa shape index (κ1) is 13.0. The molecule has 100 valence electrons. The normalized spacial score (nSPS) is 21.3. The zero-order chi connectivity index (χ0) is 14.0. The lowest BCUT2D eigenvalue weighted by molar-refractivity contribution is -0.141. The Hall–Kier alpha value is -2.44. The third-order valence-corrected chi connectivity index (χ3v) is 2.56. The van der Waals surface area contributed by atoms with E-state index in [2.05, 4.69) is 10.3 Å². The summed E-state index contributed by atoms with van der Waals surface area (Å²) in [4.78, 5) is 37.7. The molecule has 0 spiro atoms. The fourth-order valence-corrected chi connectivity index (χ4v) is 1.84. The van der Waals surface area contributed by atoms with Gasteiger partial charge < -0.3 is 14.8 Å². The molecule has 1 atom stereocenters. The maximum absolute atomic E-state index is 11.7. The summed E-state index contributed by atoms with van der Waals surface area (Å²) in [6.07, 6.45) is 2.83. The van der Waals surface area contributed by atoms with Crippen molar-refractivity contribution in [1.29, 1.82) is 0 Å². The van der Waals surface area contributed by atoms with Crippen LogP contribution in [0.3, 0.4) is 0 Å². The highest BCUT2D eigenvalue weighted by Crippen LogP contribution is 2.32. The molecule has 7 heteroatoms. The highest BCUT2D eigenvalue weighted by Gasteiger charge is 2.33. The van der Waals surface area contributed by atoms with Gasteiger partial charge in [0.15, 0.2) is 11.5 Å². The standard InChI is InChI=1S/C12H12N2O5/c1-6(15)18-10-3-8-9(13-5-14-12(8)17)4-11(10)19-7(2)16/h4-5,8H,3H2,1-2H3,(H,13,14,17). The molecule has 0 aromatic rings. The topological polar surface area (TPSA) is 94.1 Å². The Balaban J connectivity index is 2.37. The van der Waals surface area contributed by atoms with Crippen molar-refractivity contribution in [3.63, 3.8) is 0 Å². The van der Waals surface area contributed by atoms with Crippen LogP contribution in [0.25, 0.3) is 0 Å². The molecule has 1 aliphatic carbocycles. The fourth-order valence-electron chi connectivity index (χ4n) is 1.84. The van der Waals surface area contributed by atoms with Crippen LogP contribution < -0.4 is 5.32 Å². The van der Waals surface area contributed by atoms with Crippen LogP contribution in [0.1, 0.15) is 20.3 Å². The average Bonchev–Trinajstić information content (AvgIpc) is 2.29. The minimum absolute atomic E-state index is 0.112. The molecule has 2 rings (SSSR count). The van der Waals surface area contributed by atoms with Crippen LogP contribution in [0.15, 0.2) is 28.3 Å². The number of fused-ring (bicyclic) bond motifs is 1. The van der Waals surface area contributed by atoms with Crippen LogP contribution in [-0.2, 0) is 23.9 Å². The average molecular weight is 264 g/mol. The van der Waals surface area contributed by atoms with Gasteiger partial charge in [0.05, 0.1) is 18.0 Å². The van der Waals surface area contributed by atoms with Crippen molar-refractivity contribution in [2.24, 2.45) is 10.9 Å². The Morgan fingerprint density at radius 3 is 2.63 bits per heavy atom. The zero-order valence-corrected chi connectivity index (χ0v) is 10.4. The van der Waals surface area contributed by atoms with Gasteiger partial charge in [0, 0.05) is 26.3 Å². The molecule has 1 aliphatic heterocycles. The first-order valence-electron chi connectivity index (χ1n) is 5.62. The van der Waals surface area contributed by atoms with Crippen LogP contribution in [0.4, 0.5) is 0 Å². The number of carbonyl (C=O) groups is 3. The Kier molecular flexibility index (Phi) is 3.46. The molecule has 1 unspecified atom stereocenters. The number of amides is 1. The van der Waals surface area contributed by atoms with Gasteiger partial charge in [0.1, 0.15) is 0 Å². The molecule has 0 aromatic heterocycles. The van der Waals surface area contributed by atoms with Crippen molar-refractivity contribution in [3.8, 4) is 0 Å². The number of aliphatic imine (C=N–C) groups is 1. The highest BCUT2D eigenvalue weighted by molar-refractivity contribution is 5.94. The first-order chi connectivity index (χ1) is 8.97. The van der Waals surface area contributed by atoms with Crippen LogP contribution in [0, 0.1) is 5.92 Å². The molecule has 2 aliphatic rings. The van der Waals surface area contributed by atoms with Gasteiger partial charge in [0.2, 0.25) is 5.91 Å². The van der Waals surface area contributed by atoms with Crippen molar-refractivity contribution in [2.75, 3.05) is 0 Å². The maximum atomic E-state index is 11.7. The minimum atomic E-state index is -0.545. The van der Waals surface area contributed by atoms with Crippen molar-refractivity contribution in [3.05, 3.63) is 23.3 Å². The first-order valence-corrected chi connectivity index (χ1v) is 5.62.